The third-order valence-corrected chi connectivity index (χ3v) is 5.25. The number of aromatic nitrogens is 1. The van der Waals surface area contributed by atoms with E-state index in [4.69, 9.17) is 11.6 Å². The molecule has 0 radical (unpaired) electrons. The molecule has 0 saturated carbocycles. The normalized spacial score (nSPS) is 11.0. The molecule has 3 aromatic rings. The lowest BCUT2D eigenvalue weighted by Gasteiger charge is -2.02. The molecule has 0 aliphatic carbocycles. The zero-order chi connectivity index (χ0) is 17.1. The Balaban J connectivity index is 1.57. The van der Waals surface area contributed by atoms with Crippen LogP contribution in [0, 0.1) is 11.6 Å². The van der Waals surface area contributed by atoms with Crippen LogP contribution in [0.3, 0.4) is 0 Å². The quantitative estimate of drug-likeness (QED) is 0.603. The predicted octanol–water partition coefficient (Wildman–Crippen LogP) is 5.35. The number of thiazole rings is 1. The topological polar surface area (TPSA) is 42.0 Å². The van der Waals surface area contributed by atoms with Crippen molar-refractivity contribution < 1.29 is 13.6 Å². The number of benzene rings is 2. The second-order valence-corrected chi connectivity index (χ2v) is 7.49. The van der Waals surface area contributed by atoms with Crippen molar-refractivity contribution in [3.8, 4) is 0 Å². The maximum absolute atomic E-state index is 13.6. The summed E-state index contributed by atoms with van der Waals surface area (Å²) in [7, 11) is 0. The summed E-state index contributed by atoms with van der Waals surface area (Å²) in [5.74, 6) is -1.04. The minimum Gasteiger partial charge on any atom is -0.302 e. The minimum atomic E-state index is -0.736. The minimum absolute atomic E-state index is 0.0623. The van der Waals surface area contributed by atoms with Crippen molar-refractivity contribution in [2.24, 2.45) is 0 Å². The summed E-state index contributed by atoms with van der Waals surface area (Å²) in [6, 6.07) is 9.32. The lowest BCUT2D eigenvalue weighted by Crippen LogP contribution is -2.11. The van der Waals surface area contributed by atoms with E-state index in [0.29, 0.717) is 15.5 Å². The average molecular weight is 385 g/mol. The van der Waals surface area contributed by atoms with Crippen LogP contribution in [0.1, 0.15) is 6.42 Å². The molecular weight excluding hydrogens is 374 g/mol. The second-order valence-electron chi connectivity index (χ2n) is 4.85. The van der Waals surface area contributed by atoms with Gasteiger partial charge in [-0.05, 0) is 30.3 Å². The molecule has 0 unspecified atom stereocenters. The van der Waals surface area contributed by atoms with E-state index >= 15 is 0 Å². The average Bonchev–Trinajstić information content (AvgIpc) is 2.92. The fourth-order valence-electron chi connectivity index (χ4n) is 1.98. The Kier molecular flexibility index (Phi) is 5.33. The number of hydrogen-bond acceptors (Lipinski definition) is 4. The number of rotatable bonds is 5. The van der Waals surface area contributed by atoms with Crippen LogP contribution in [0.2, 0.25) is 5.02 Å². The first kappa shape index (κ1) is 17.1. The molecule has 1 aromatic heterocycles. The number of halogens is 3. The van der Waals surface area contributed by atoms with Crippen LogP contribution in [-0.4, -0.2) is 16.6 Å². The Morgan fingerprint density at radius 3 is 2.75 bits per heavy atom. The van der Waals surface area contributed by atoms with Gasteiger partial charge >= 0.3 is 0 Å². The van der Waals surface area contributed by atoms with Crippen molar-refractivity contribution in [1.29, 1.82) is 0 Å². The van der Waals surface area contributed by atoms with Crippen molar-refractivity contribution >= 4 is 56.0 Å². The number of nitrogens with zero attached hydrogens (tertiary/aromatic N) is 1. The molecular formula is C16H11ClF2N2OS2. The third kappa shape index (κ3) is 4.23. The molecule has 0 aliphatic heterocycles. The van der Waals surface area contributed by atoms with E-state index in [1.807, 2.05) is 12.1 Å². The maximum Gasteiger partial charge on any atom is 0.226 e. The zero-order valence-electron chi connectivity index (χ0n) is 12.2. The fraction of sp³-hybridized carbons (Fsp3) is 0.125. The number of thioether (sulfide) groups is 1. The number of carbonyl (C=O) groups excluding carboxylic acids is 1. The van der Waals surface area contributed by atoms with Crippen molar-refractivity contribution in [3.05, 3.63) is 53.1 Å². The molecule has 1 heterocycles. The van der Waals surface area contributed by atoms with Crippen LogP contribution in [0.4, 0.5) is 13.9 Å². The van der Waals surface area contributed by atoms with Gasteiger partial charge in [0, 0.05) is 28.2 Å². The number of hydrogen-bond donors (Lipinski definition) is 1. The Morgan fingerprint density at radius 1 is 1.25 bits per heavy atom. The van der Waals surface area contributed by atoms with Gasteiger partial charge < -0.3 is 5.32 Å². The number of fused-ring (bicyclic) bond motifs is 1. The van der Waals surface area contributed by atoms with E-state index < -0.39 is 11.6 Å². The van der Waals surface area contributed by atoms with Crippen LogP contribution in [0.25, 0.3) is 10.2 Å². The first-order valence-corrected chi connectivity index (χ1v) is 9.13. The van der Waals surface area contributed by atoms with Gasteiger partial charge in [-0.1, -0.05) is 22.9 Å². The Morgan fingerprint density at radius 2 is 2.00 bits per heavy atom. The van der Waals surface area contributed by atoms with Gasteiger partial charge in [-0.2, -0.15) is 0 Å². The van der Waals surface area contributed by atoms with Gasteiger partial charge in [-0.3, -0.25) is 4.79 Å². The van der Waals surface area contributed by atoms with Gasteiger partial charge in [0.25, 0.3) is 0 Å². The van der Waals surface area contributed by atoms with E-state index in [0.717, 1.165) is 22.3 Å². The standard InChI is InChI=1S/C16H11ClF2N2OS2/c17-9-1-3-11(4-2-9)23-6-5-14(22)20-16-21-15-12(19)7-10(18)8-13(15)24-16/h1-4,7-8H,5-6H2,(H,20,21,22). The molecule has 0 spiro atoms. The van der Waals surface area contributed by atoms with Gasteiger partial charge in [0.05, 0.1) is 4.70 Å². The van der Waals surface area contributed by atoms with Crippen LogP contribution in [-0.2, 0) is 4.79 Å². The highest BCUT2D eigenvalue weighted by molar-refractivity contribution is 7.99. The highest BCUT2D eigenvalue weighted by Crippen LogP contribution is 2.29. The summed E-state index contributed by atoms with van der Waals surface area (Å²) >= 11 is 8.38. The predicted molar refractivity (Wildman–Crippen MR) is 95.0 cm³/mol. The highest BCUT2D eigenvalue weighted by Gasteiger charge is 2.12. The summed E-state index contributed by atoms with van der Waals surface area (Å²) in [5, 5.41) is 3.54. The molecule has 0 saturated heterocycles. The Hall–Kier alpha value is -1.70. The lowest BCUT2D eigenvalue weighted by atomic mass is 10.3. The van der Waals surface area contributed by atoms with Crippen LogP contribution < -0.4 is 5.32 Å². The Bertz CT molecular complexity index is 884. The smallest absolute Gasteiger partial charge is 0.226 e. The Labute approximate surface area is 150 Å². The zero-order valence-corrected chi connectivity index (χ0v) is 14.6. The van der Waals surface area contributed by atoms with Crippen LogP contribution >= 0.6 is 34.7 Å². The van der Waals surface area contributed by atoms with Gasteiger partial charge in [-0.25, -0.2) is 13.8 Å². The van der Waals surface area contributed by atoms with Gasteiger partial charge in [0.2, 0.25) is 5.91 Å². The third-order valence-electron chi connectivity index (χ3n) is 3.07. The number of carbonyl (C=O) groups is 1. The number of anilines is 1. The van der Waals surface area contributed by atoms with Crippen molar-refractivity contribution in [1.82, 2.24) is 4.98 Å². The molecule has 0 aliphatic rings. The molecule has 3 rings (SSSR count). The molecule has 124 valence electrons. The van der Waals surface area contributed by atoms with Crippen LogP contribution in [0.15, 0.2) is 41.3 Å². The molecule has 1 amide bonds. The summed E-state index contributed by atoms with van der Waals surface area (Å²) in [4.78, 5) is 16.9. The summed E-state index contributed by atoms with van der Waals surface area (Å²) in [6.45, 7) is 0. The van der Waals surface area contributed by atoms with E-state index in [2.05, 4.69) is 10.3 Å². The molecule has 8 heteroatoms. The van der Waals surface area contributed by atoms with E-state index in [1.165, 1.54) is 17.8 Å². The fourth-order valence-corrected chi connectivity index (χ4v) is 3.88. The van der Waals surface area contributed by atoms with Crippen LogP contribution in [0.5, 0.6) is 0 Å². The summed E-state index contributed by atoms with van der Waals surface area (Å²) in [6.07, 6.45) is 0.278. The van der Waals surface area contributed by atoms with Gasteiger partial charge in [0.1, 0.15) is 11.3 Å². The largest absolute Gasteiger partial charge is 0.302 e. The molecule has 2 aromatic carbocycles. The molecule has 3 nitrogen and oxygen atoms in total. The number of nitrogens with one attached hydrogen (secondary N) is 1. The highest BCUT2D eigenvalue weighted by atomic mass is 35.5. The van der Waals surface area contributed by atoms with Crippen molar-refractivity contribution in [3.63, 3.8) is 0 Å². The molecule has 1 N–H and O–H groups in total. The van der Waals surface area contributed by atoms with E-state index in [9.17, 15) is 13.6 Å². The van der Waals surface area contributed by atoms with Crippen molar-refractivity contribution in [2.45, 2.75) is 11.3 Å². The SMILES string of the molecule is O=C(CCSc1ccc(Cl)cc1)Nc1nc2c(F)cc(F)cc2s1. The second kappa shape index (κ2) is 7.46. The first-order chi connectivity index (χ1) is 11.5. The molecule has 0 bridgehead atoms. The molecule has 24 heavy (non-hydrogen) atoms. The molecule has 0 fully saturated rings. The van der Waals surface area contributed by atoms with E-state index in [1.54, 1.807) is 12.1 Å². The lowest BCUT2D eigenvalue weighted by molar-refractivity contribution is -0.115. The van der Waals surface area contributed by atoms with Gasteiger partial charge in [0.15, 0.2) is 10.9 Å². The number of amides is 1. The van der Waals surface area contributed by atoms with E-state index in [-0.39, 0.29) is 23.0 Å². The van der Waals surface area contributed by atoms with Gasteiger partial charge in [-0.15, -0.1) is 11.8 Å². The first-order valence-electron chi connectivity index (χ1n) is 6.95. The molecule has 0 atom stereocenters. The monoisotopic (exact) mass is 384 g/mol. The summed E-state index contributed by atoms with van der Waals surface area (Å²) in [5.41, 5.74) is 0.0623. The summed E-state index contributed by atoms with van der Waals surface area (Å²) < 4.78 is 27.1. The maximum atomic E-state index is 13.6. The van der Waals surface area contributed by atoms with Crippen molar-refractivity contribution in [2.75, 3.05) is 11.1 Å².